The molecule has 2 aliphatic rings. The van der Waals surface area contributed by atoms with Crippen molar-refractivity contribution in [3.63, 3.8) is 0 Å². The van der Waals surface area contributed by atoms with Gasteiger partial charge in [-0.25, -0.2) is 0 Å². The van der Waals surface area contributed by atoms with Crippen molar-refractivity contribution in [3.05, 3.63) is 42.0 Å². The third-order valence-electron chi connectivity index (χ3n) is 4.52. The lowest BCUT2D eigenvalue weighted by atomic mass is 10.1. The van der Waals surface area contributed by atoms with Gasteiger partial charge in [-0.1, -0.05) is 42.5 Å². The van der Waals surface area contributed by atoms with E-state index in [1.54, 1.807) is 0 Å². The normalized spacial score (nSPS) is 28.9. The van der Waals surface area contributed by atoms with Crippen molar-refractivity contribution in [2.45, 2.75) is 31.8 Å². The highest BCUT2D eigenvalue weighted by Gasteiger charge is 2.33. The van der Waals surface area contributed by atoms with Crippen LogP contribution in [0, 0.1) is 0 Å². The first-order valence-electron chi connectivity index (χ1n) is 7.52. The number of hydrogen-bond acceptors (Lipinski definition) is 2. The first kappa shape index (κ1) is 12.9. The van der Waals surface area contributed by atoms with Crippen LogP contribution in [0.3, 0.4) is 0 Å². The van der Waals surface area contributed by atoms with Crippen LogP contribution in [0.1, 0.15) is 25.3 Å². The summed E-state index contributed by atoms with van der Waals surface area (Å²) in [6.07, 6.45) is 7.35. The fourth-order valence-corrected chi connectivity index (χ4v) is 3.39. The molecule has 2 nitrogen and oxygen atoms in total. The molecule has 2 saturated heterocycles. The summed E-state index contributed by atoms with van der Waals surface area (Å²) in [5.74, 6) is 0. The molecule has 19 heavy (non-hydrogen) atoms. The van der Waals surface area contributed by atoms with Crippen molar-refractivity contribution in [2.24, 2.45) is 0 Å². The topological polar surface area (TPSA) is 6.48 Å². The maximum Gasteiger partial charge on any atom is 0.0224 e. The molecule has 2 fully saturated rings. The van der Waals surface area contributed by atoms with Gasteiger partial charge >= 0.3 is 0 Å². The maximum atomic E-state index is 2.68. The minimum Gasteiger partial charge on any atom is -0.298 e. The quantitative estimate of drug-likeness (QED) is 0.820. The zero-order chi connectivity index (χ0) is 13.1. The Morgan fingerprint density at radius 2 is 2.05 bits per heavy atom. The van der Waals surface area contributed by atoms with Crippen LogP contribution in [-0.2, 0) is 0 Å². The van der Waals surface area contributed by atoms with E-state index in [0.29, 0.717) is 6.04 Å². The molecule has 0 bridgehead atoms. The van der Waals surface area contributed by atoms with Crippen molar-refractivity contribution in [2.75, 3.05) is 26.2 Å². The molecule has 0 spiro atoms. The third kappa shape index (κ3) is 3.07. The van der Waals surface area contributed by atoms with Gasteiger partial charge in [-0.05, 0) is 31.9 Å². The first-order valence-corrected chi connectivity index (χ1v) is 7.52. The number of fused-ring (bicyclic) bond motifs is 1. The number of rotatable bonds is 3. The predicted octanol–water partition coefficient (Wildman–Crippen LogP) is 2.87. The standard InChI is InChI=1S/C17H24N2/c1-15-13-19-12-6-10-17(19)14-18(15)11-5-9-16-7-3-2-4-8-16/h2-5,7-9,15,17H,6,10-14H2,1H3/b9-5+/t15-,17?/m0/s1. The van der Waals surface area contributed by atoms with Crippen LogP contribution in [0.2, 0.25) is 0 Å². The van der Waals surface area contributed by atoms with E-state index in [1.165, 1.54) is 38.0 Å². The van der Waals surface area contributed by atoms with Gasteiger partial charge in [0.15, 0.2) is 0 Å². The first-order chi connectivity index (χ1) is 9.33. The third-order valence-corrected chi connectivity index (χ3v) is 4.52. The van der Waals surface area contributed by atoms with Gasteiger partial charge in [0, 0.05) is 31.7 Å². The van der Waals surface area contributed by atoms with Gasteiger partial charge in [0.1, 0.15) is 0 Å². The van der Waals surface area contributed by atoms with E-state index in [-0.39, 0.29) is 0 Å². The summed E-state index contributed by atoms with van der Waals surface area (Å²) in [5, 5.41) is 0. The zero-order valence-electron chi connectivity index (χ0n) is 11.8. The number of piperazine rings is 1. The van der Waals surface area contributed by atoms with E-state index in [0.717, 1.165) is 12.6 Å². The number of benzene rings is 1. The second-order valence-electron chi connectivity index (χ2n) is 5.91. The molecule has 1 unspecified atom stereocenters. The summed E-state index contributed by atoms with van der Waals surface area (Å²) in [6, 6.07) is 12.1. The second-order valence-corrected chi connectivity index (χ2v) is 5.91. The summed E-state index contributed by atoms with van der Waals surface area (Å²) >= 11 is 0. The predicted molar refractivity (Wildman–Crippen MR) is 81.1 cm³/mol. The average Bonchev–Trinajstić information content (AvgIpc) is 2.87. The average molecular weight is 256 g/mol. The molecule has 0 saturated carbocycles. The largest absolute Gasteiger partial charge is 0.298 e. The Hall–Kier alpha value is -1.12. The van der Waals surface area contributed by atoms with E-state index < -0.39 is 0 Å². The molecule has 3 rings (SSSR count). The highest BCUT2D eigenvalue weighted by molar-refractivity contribution is 5.48. The van der Waals surface area contributed by atoms with Gasteiger partial charge in [-0.2, -0.15) is 0 Å². The summed E-state index contributed by atoms with van der Waals surface area (Å²) in [5.41, 5.74) is 1.30. The molecule has 0 aliphatic carbocycles. The SMILES string of the molecule is C[C@H]1CN2CCCC2CN1C/C=C/c1ccccc1. The molecule has 0 amide bonds. The second kappa shape index (κ2) is 5.89. The van der Waals surface area contributed by atoms with Gasteiger partial charge < -0.3 is 0 Å². The van der Waals surface area contributed by atoms with Crippen molar-refractivity contribution in [1.82, 2.24) is 9.80 Å². The molecule has 2 atom stereocenters. The van der Waals surface area contributed by atoms with E-state index in [1.807, 2.05) is 0 Å². The Morgan fingerprint density at radius 1 is 1.21 bits per heavy atom. The molecular weight excluding hydrogens is 232 g/mol. The fourth-order valence-electron chi connectivity index (χ4n) is 3.39. The van der Waals surface area contributed by atoms with Crippen molar-refractivity contribution >= 4 is 6.08 Å². The molecule has 2 heteroatoms. The summed E-state index contributed by atoms with van der Waals surface area (Å²) in [7, 11) is 0. The molecule has 1 aromatic carbocycles. The Labute approximate surface area is 116 Å². The van der Waals surface area contributed by atoms with Gasteiger partial charge in [0.25, 0.3) is 0 Å². The molecule has 1 aromatic rings. The van der Waals surface area contributed by atoms with Gasteiger partial charge in [0.05, 0.1) is 0 Å². The summed E-state index contributed by atoms with van der Waals surface area (Å²) < 4.78 is 0. The summed E-state index contributed by atoms with van der Waals surface area (Å²) in [4.78, 5) is 5.31. The van der Waals surface area contributed by atoms with Gasteiger partial charge in [-0.15, -0.1) is 0 Å². The Bertz CT molecular complexity index is 426. The highest BCUT2D eigenvalue weighted by atomic mass is 15.3. The smallest absolute Gasteiger partial charge is 0.0224 e. The number of hydrogen-bond donors (Lipinski definition) is 0. The fraction of sp³-hybridized carbons (Fsp3) is 0.529. The van der Waals surface area contributed by atoms with Gasteiger partial charge in [-0.3, -0.25) is 9.80 Å². The van der Waals surface area contributed by atoms with Crippen LogP contribution >= 0.6 is 0 Å². The molecular formula is C17H24N2. The van der Waals surface area contributed by atoms with E-state index in [4.69, 9.17) is 0 Å². The van der Waals surface area contributed by atoms with Crippen LogP contribution in [0.4, 0.5) is 0 Å². The molecule has 102 valence electrons. The summed E-state index contributed by atoms with van der Waals surface area (Å²) in [6.45, 7) is 7.28. The Balaban J connectivity index is 1.56. The van der Waals surface area contributed by atoms with Crippen molar-refractivity contribution < 1.29 is 0 Å². The van der Waals surface area contributed by atoms with Gasteiger partial charge in [0.2, 0.25) is 0 Å². The van der Waals surface area contributed by atoms with Crippen LogP contribution < -0.4 is 0 Å². The minimum absolute atomic E-state index is 0.690. The molecule has 2 heterocycles. The zero-order valence-corrected chi connectivity index (χ0v) is 11.8. The van der Waals surface area contributed by atoms with Crippen LogP contribution in [0.15, 0.2) is 36.4 Å². The molecule has 0 radical (unpaired) electrons. The highest BCUT2D eigenvalue weighted by Crippen LogP contribution is 2.24. The Morgan fingerprint density at radius 3 is 2.89 bits per heavy atom. The lowest BCUT2D eigenvalue weighted by Crippen LogP contribution is -2.54. The maximum absolute atomic E-state index is 2.68. The minimum atomic E-state index is 0.690. The molecule has 2 aliphatic heterocycles. The van der Waals surface area contributed by atoms with Crippen LogP contribution in [0.25, 0.3) is 6.08 Å². The molecule has 0 N–H and O–H groups in total. The van der Waals surface area contributed by atoms with Crippen molar-refractivity contribution in [3.8, 4) is 0 Å². The lowest BCUT2D eigenvalue weighted by Gasteiger charge is -2.41. The van der Waals surface area contributed by atoms with E-state index in [2.05, 4.69) is 59.2 Å². The monoisotopic (exact) mass is 256 g/mol. The lowest BCUT2D eigenvalue weighted by molar-refractivity contribution is 0.0686. The molecule has 0 aromatic heterocycles. The van der Waals surface area contributed by atoms with Crippen LogP contribution in [-0.4, -0.2) is 48.1 Å². The van der Waals surface area contributed by atoms with Crippen LogP contribution in [0.5, 0.6) is 0 Å². The number of nitrogens with zero attached hydrogens (tertiary/aromatic N) is 2. The van der Waals surface area contributed by atoms with E-state index >= 15 is 0 Å². The van der Waals surface area contributed by atoms with Crippen molar-refractivity contribution in [1.29, 1.82) is 0 Å². The Kier molecular flexibility index (Phi) is 4.00. The van der Waals surface area contributed by atoms with E-state index in [9.17, 15) is 0 Å².